The Balaban J connectivity index is 1.34. The molecule has 0 spiro atoms. The predicted molar refractivity (Wildman–Crippen MR) is 211 cm³/mol. The number of hydrogen-bond acceptors (Lipinski definition) is 13. The zero-order valence-corrected chi connectivity index (χ0v) is 32.9. The van der Waals surface area contributed by atoms with Crippen LogP contribution in [0.25, 0.3) is 11.4 Å². The van der Waals surface area contributed by atoms with E-state index in [1.54, 1.807) is 25.3 Å². The topological polar surface area (TPSA) is 140 Å². The number of aryl methyl sites for hydroxylation is 1. The zero-order chi connectivity index (χ0) is 39.8. The summed E-state index contributed by atoms with van der Waals surface area (Å²) in [6.07, 6.45) is 2.93. The van der Waals surface area contributed by atoms with Gasteiger partial charge in [-0.3, -0.25) is 4.90 Å². The van der Waals surface area contributed by atoms with Gasteiger partial charge in [0.2, 0.25) is 11.8 Å². The molecule has 56 heavy (non-hydrogen) atoms. The van der Waals surface area contributed by atoms with Crippen molar-refractivity contribution in [3.63, 3.8) is 0 Å². The minimum absolute atomic E-state index is 0.114. The number of anilines is 3. The summed E-state index contributed by atoms with van der Waals surface area (Å²) in [5, 5.41) is 3.22. The first kappa shape index (κ1) is 39.6. The number of halogens is 1. The lowest BCUT2D eigenvalue weighted by Crippen LogP contribution is -2.49. The number of amides is 1. The molecule has 1 aliphatic heterocycles. The molecule has 6 rings (SSSR count). The summed E-state index contributed by atoms with van der Waals surface area (Å²) >= 11 is 0. The van der Waals surface area contributed by atoms with Crippen molar-refractivity contribution in [1.29, 1.82) is 0 Å². The van der Waals surface area contributed by atoms with Crippen LogP contribution in [0.4, 0.5) is 26.6 Å². The molecule has 1 N–H and O–H groups in total. The maximum atomic E-state index is 14.8. The molecule has 0 saturated carbocycles. The van der Waals surface area contributed by atoms with Crippen molar-refractivity contribution in [1.82, 2.24) is 34.7 Å². The Morgan fingerprint density at radius 1 is 0.804 bits per heavy atom. The molecule has 2 aromatic carbocycles. The van der Waals surface area contributed by atoms with E-state index in [4.69, 9.17) is 38.9 Å². The molecule has 294 valence electrons. The van der Waals surface area contributed by atoms with Crippen LogP contribution < -0.4 is 24.4 Å². The fourth-order valence-electron chi connectivity index (χ4n) is 6.15. The van der Waals surface area contributed by atoms with E-state index < -0.39 is 11.4 Å². The first-order valence-electron chi connectivity index (χ1n) is 18.3. The maximum Gasteiger partial charge on any atom is 0.410 e. The number of piperazine rings is 1. The summed E-state index contributed by atoms with van der Waals surface area (Å²) < 4.78 is 36.1. The molecule has 0 aliphatic carbocycles. The normalized spacial score (nSPS) is 13.2. The molecule has 1 aliphatic rings. The largest absolute Gasteiger partial charge is 0.497 e. The molecule has 0 radical (unpaired) electrons. The number of benzene rings is 2. The number of carbonyl (C=O) groups excluding carboxylic acids is 1. The van der Waals surface area contributed by atoms with Crippen LogP contribution in [0.15, 0.2) is 73.1 Å². The minimum Gasteiger partial charge on any atom is -0.497 e. The first-order valence-corrected chi connectivity index (χ1v) is 18.3. The van der Waals surface area contributed by atoms with Gasteiger partial charge < -0.3 is 34.1 Å². The molecule has 0 atom stereocenters. The van der Waals surface area contributed by atoms with Crippen LogP contribution in [0, 0.1) is 12.7 Å². The van der Waals surface area contributed by atoms with Crippen molar-refractivity contribution < 1.29 is 28.1 Å². The summed E-state index contributed by atoms with van der Waals surface area (Å²) in [6.45, 7) is 11.4. The quantitative estimate of drug-likeness (QED) is 0.134. The van der Waals surface area contributed by atoms with Gasteiger partial charge in [0.1, 0.15) is 28.7 Å². The average Bonchev–Trinajstić information content (AvgIpc) is 3.18. The second-order valence-electron chi connectivity index (χ2n) is 14.4. The van der Waals surface area contributed by atoms with Crippen LogP contribution in [0.1, 0.15) is 43.3 Å². The number of ether oxygens (including phenoxy) is 4. The van der Waals surface area contributed by atoms with E-state index in [1.807, 2.05) is 82.3 Å². The van der Waals surface area contributed by atoms with Gasteiger partial charge in [-0.05, 0) is 74.7 Å². The molecule has 1 fully saturated rings. The van der Waals surface area contributed by atoms with Crippen LogP contribution >= 0.6 is 0 Å². The van der Waals surface area contributed by atoms with E-state index in [9.17, 15) is 9.18 Å². The SMILES string of the molecule is COc1ccc(CN(Cc2ccc(OC)cc2)c2nc(C)nc(-c3cc(CN4CCN(C(=O)OC(C)(C)C)CC4)cnc3Nc3cnc(OC)c(F)c3)n2)cc1. The highest BCUT2D eigenvalue weighted by Crippen LogP contribution is 2.31. The smallest absolute Gasteiger partial charge is 0.410 e. The lowest BCUT2D eigenvalue weighted by molar-refractivity contribution is 0.0139. The van der Waals surface area contributed by atoms with Gasteiger partial charge in [0.15, 0.2) is 11.6 Å². The highest BCUT2D eigenvalue weighted by atomic mass is 19.1. The highest BCUT2D eigenvalue weighted by molar-refractivity contribution is 5.75. The van der Waals surface area contributed by atoms with Crippen molar-refractivity contribution >= 4 is 23.5 Å². The van der Waals surface area contributed by atoms with Crippen LogP contribution in [0.2, 0.25) is 0 Å². The Morgan fingerprint density at radius 2 is 1.43 bits per heavy atom. The number of carbonyl (C=O) groups is 1. The van der Waals surface area contributed by atoms with Gasteiger partial charge >= 0.3 is 6.09 Å². The number of nitrogens with one attached hydrogen (secondary N) is 1. The van der Waals surface area contributed by atoms with Gasteiger partial charge in [0.25, 0.3) is 0 Å². The van der Waals surface area contributed by atoms with Gasteiger partial charge in [-0.15, -0.1) is 0 Å². The molecule has 15 heteroatoms. The highest BCUT2D eigenvalue weighted by Gasteiger charge is 2.26. The number of nitrogens with zero attached hydrogens (tertiary/aromatic N) is 8. The van der Waals surface area contributed by atoms with Crippen LogP contribution in [0.5, 0.6) is 17.4 Å². The van der Waals surface area contributed by atoms with Gasteiger partial charge in [-0.25, -0.2) is 24.1 Å². The summed E-state index contributed by atoms with van der Waals surface area (Å²) in [5.74, 6) is 2.55. The minimum atomic E-state index is -0.618. The summed E-state index contributed by atoms with van der Waals surface area (Å²) in [5.41, 5.74) is 3.37. The predicted octanol–water partition coefficient (Wildman–Crippen LogP) is 6.81. The molecule has 4 heterocycles. The molecule has 1 amide bonds. The van der Waals surface area contributed by atoms with E-state index in [0.29, 0.717) is 80.5 Å². The average molecular weight is 766 g/mol. The lowest BCUT2D eigenvalue weighted by Gasteiger charge is -2.35. The zero-order valence-electron chi connectivity index (χ0n) is 32.9. The third-order valence-corrected chi connectivity index (χ3v) is 8.96. The summed E-state index contributed by atoms with van der Waals surface area (Å²) in [6, 6.07) is 19.0. The van der Waals surface area contributed by atoms with Crippen molar-refractivity contribution in [2.45, 2.75) is 52.9 Å². The fraction of sp³-hybridized carbons (Fsp3) is 0.366. The van der Waals surface area contributed by atoms with Gasteiger partial charge in [-0.2, -0.15) is 9.97 Å². The Labute approximate surface area is 326 Å². The van der Waals surface area contributed by atoms with Crippen molar-refractivity contribution in [3.05, 3.63) is 101 Å². The van der Waals surface area contributed by atoms with E-state index >= 15 is 0 Å². The number of pyridine rings is 2. The molecule has 0 unspecified atom stereocenters. The molecule has 1 saturated heterocycles. The molecular weight excluding hydrogens is 718 g/mol. The van der Waals surface area contributed by atoms with Crippen molar-refractivity contribution in [3.8, 4) is 28.8 Å². The van der Waals surface area contributed by atoms with Crippen LogP contribution in [0.3, 0.4) is 0 Å². The van der Waals surface area contributed by atoms with Gasteiger partial charge in [0, 0.05) is 58.1 Å². The number of hydrogen-bond donors (Lipinski definition) is 1. The Kier molecular flexibility index (Phi) is 12.4. The number of aromatic nitrogens is 5. The lowest BCUT2D eigenvalue weighted by atomic mass is 10.1. The number of methoxy groups -OCH3 is 3. The van der Waals surface area contributed by atoms with E-state index in [2.05, 4.69) is 20.1 Å². The standard InChI is InChI=1S/C41H48FN9O5/c1-27-45-37(48-39(46-27)51(25-28-8-12-32(53-5)13-9-28)26-29-10-14-33(54-6)15-11-29)34-20-30(22-43-36(34)47-31-21-35(42)38(55-7)44-23-31)24-49-16-18-50(19-17-49)40(52)56-41(2,3)4/h8-15,20-23H,16-19,24-26H2,1-7H3,(H,43,47). The van der Waals surface area contributed by atoms with E-state index in [0.717, 1.165) is 28.2 Å². The van der Waals surface area contributed by atoms with Crippen LogP contribution in [-0.2, 0) is 24.4 Å². The second kappa shape index (κ2) is 17.6. The first-order chi connectivity index (χ1) is 26.9. The Bertz CT molecular complexity index is 2060. The fourth-order valence-corrected chi connectivity index (χ4v) is 6.15. The summed E-state index contributed by atoms with van der Waals surface area (Å²) in [4.78, 5) is 42.3. The monoisotopic (exact) mass is 765 g/mol. The van der Waals surface area contributed by atoms with Crippen molar-refractivity contribution in [2.75, 3.05) is 57.7 Å². The molecule has 3 aromatic heterocycles. The number of rotatable bonds is 13. The van der Waals surface area contributed by atoms with Gasteiger partial charge in [-0.1, -0.05) is 24.3 Å². The van der Waals surface area contributed by atoms with E-state index in [-0.39, 0.29) is 12.0 Å². The Morgan fingerprint density at radius 3 is 1.98 bits per heavy atom. The van der Waals surface area contributed by atoms with Crippen LogP contribution in [-0.4, -0.2) is 93.9 Å². The maximum absolute atomic E-state index is 14.8. The summed E-state index contributed by atoms with van der Waals surface area (Å²) in [7, 11) is 4.64. The molecule has 5 aromatic rings. The third kappa shape index (κ3) is 10.4. The third-order valence-electron chi connectivity index (χ3n) is 8.96. The second-order valence-corrected chi connectivity index (χ2v) is 14.4. The van der Waals surface area contributed by atoms with Crippen molar-refractivity contribution in [2.24, 2.45) is 0 Å². The Hall–Kier alpha value is -6.09. The van der Waals surface area contributed by atoms with Gasteiger partial charge in [0.05, 0.1) is 38.8 Å². The van der Waals surface area contributed by atoms with E-state index in [1.165, 1.54) is 19.4 Å². The molecular formula is C41H48FN9O5. The molecule has 14 nitrogen and oxygen atoms in total. The molecule has 0 bridgehead atoms.